The first-order valence-corrected chi connectivity index (χ1v) is 12.3. The molecule has 0 saturated carbocycles. The quantitative estimate of drug-likeness (QED) is 0.517. The summed E-state index contributed by atoms with van der Waals surface area (Å²) in [4.78, 5) is 14.4. The van der Waals surface area contributed by atoms with Crippen LogP contribution in [0.1, 0.15) is 18.5 Å². The third-order valence-electron chi connectivity index (χ3n) is 5.60. The van der Waals surface area contributed by atoms with Crippen molar-refractivity contribution in [2.45, 2.75) is 23.9 Å². The molecular weight excluding hydrogens is 465 g/mol. The van der Waals surface area contributed by atoms with E-state index >= 15 is 0 Å². The number of hydrogen-bond donors (Lipinski definition) is 2. The summed E-state index contributed by atoms with van der Waals surface area (Å²) in [6.45, 7) is 4.11. The maximum atomic E-state index is 13.9. The van der Waals surface area contributed by atoms with Crippen molar-refractivity contribution in [1.82, 2.24) is 14.9 Å². The fraction of sp³-hybridized carbons (Fsp3) is 0.435. The van der Waals surface area contributed by atoms with E-state index in [-0.39, 0.29) is 12.6 Å². The van der Waals surface area contributed by atoms with Gasteiger partial charge in [0.05, 0.1) is 39.5 Å². The second-order valence-corrected chi connectivity index (χ2v) is 9.48. The number of nitrogens with zero attached hydrogens (tertiary/aromatic N) is 1. The molecule has 34 heavy (non-hydrogen) atoms. The van der Waals surface area contributed by atoms with E-state index in [1.807, 2.05) is 12.1 Å². The standard InChI is InChI=1S/C23H30FN3O6S/c1-16(26-34(29,30)22-7-5-4-6-18(22)24)23(28)25-15-19(27-10-12-33-13-11-27)17-8-9-20(31-2)21(14-17)32-3/h4-9,14,16,19,26H,10-13,15H2,1-3H3,(H,25,28)/t16-,19?/m0/s1. The molecule has 11 heteroatoms. The molecular formula is C23H30FN3O6S. The highest BCUT2D eigenvalue weighted by Crippen LogP contribution is 2.32. The van der Waals surface area contributed by atoms with Crippen molar-refractivity contribution < 1.29 is 31.8 Å². The van der Waals surface area contributed by atoms with Crippen LogP contribution in [0.4, 0.5) is 4.39 Å². The number of carbonyl (C=O) groups is 1. The molecule has 9 nitrogen and oxygen atoms in total. The Morgan fingerprint density at radius 1 is 1.12 bits per heavy atom. The van der Waals surface area contributed by atoms with Gasteiger partial charge < -0.3 is 19.5 Å². The Balaban J connectivity index is 1.73. The molecule has 1 unspecified atom stereocenters. The Bertz CT molecular complexity index is 1090. The largest absolute Gasteiger partial charge is 0.493 e. The number of nitrogens with one attached hydrogen (secondary N) is 2. The number of benzene rings is 2. The summed E-state index contributed by atoms with van der Waals surface area (Å²) in [5.41, 5.74) is 0.902. The first-order chi connectivity index (χ1) is 16.3. The second kappa shape index (κ2) is 11.6. The smallest absolute Gasteiger partial charge is 0.244 e. The molecule has 1 saturated heterocycles. The fourth-order valence-corrected chi connectivity index (χ4v) is 5.05. The van der Waals surface area contributed by atoms with E-state index in [4.69, 9.17) is 14.2 Å². The highest BCUT2D eigenvalue weighted by Gasteiger charge is 2.27. The number of carbonyl (C=O) groups excluding carboxylic acids is 1. The van der Waals surface area contributed by atoms with Crippen LogP contribution in [0.15, 0.2) is 47.4 Å². The minimum absolute atomic E-state index is 0.206. The average Bonchev–Trinajstić information content (AvgIpc) is 2.84. The average molecular weight is 496 g/mol. The molecule has 0 aromatic heterocycles. The van der Waals surface area contributed by atoms with Gasteiger partial charge >= 0.3 is 0 Å². The van der Waals surface area contributed by atoms with Crippen LogP contribution in [0.5, 0.6) is 11.5 Å². The summed E-state index contributed by atoms with van der Waals surface area (Å²) in [6.07, 6.45) is 0. The first-order valence-electron chi connectivity index (χ1n) is 10.8. The van der Waals surface area contributed by atoms with Crippen LogP contribution in [-0.4, -0.2) is 72.3 Å². The van der Waals surface area contributed by atoms with Crippen LogP contribution >= 0.6 is 0 Å². The van der Waals surface area contributed by atoms with Gasteiger partial charge in [-0.3, -0.25) is 9.69 Å². The lowest BCUT2D eigenvalue weighted by molar-refractivity contribution is -0.122. The molecule has 1 aliphatic heterocycles. The molecule has 3 rings (SSSR count). The lowest BCUT2D eigenvalue weighted by Gasteiger charge is -2.35. The molecule has 1 fully saturated rings. The van der Waals surface area contributed by atoms with Gasteiger partial charge in [-0.1, -0.05) is 18.2 Å². The van der Waals surface area contributed by atoms with Crippen LogP contribution in [0.3, 0.4) is 0 Å². The van der Waals surface area contributed by atoms with E-state index in [0.717, 1.165) is 17.7 Å². The van der Waals surface area contributed by atoms with Crippen LogP contribution in [0, 0.1) is 5.82 Å². The van der Waals surface area contributed by atoms with E-state index in [2.05, 4.69) is 14.9 Å². The maximum Gasteiger partial charge on any atom is 0.244 e. The summed E-state index contributed by atoms with van der Waals surface area (Å²) in [5, 5.41) is 2.82. The van der Waals surface area contributed by atoms with Crippen molar-refractivity contribution in [1.29, 1.82) is 0 Å². The lowest BCUT2D eigenvalue weighted by Crippen LogP contribution is -2.48. The van der Waals surface area contributed by atoms with Gasteiger partial charge in [0.1, 0.15) is 10.7 Å². The van der Waals surface area contributed by atoms with Crippen molar-refractivity contribution >= 4 is 15.9 Å². The van der Waals surface area contributed by atoms with Crippen LogP contribution < -0.4 is 19.5 Å². The zero-order valence-electron chi connectivity index (χ0n) is 19.4. The van der Waals surface area contributed by atoms with E-state index in [1.54, 1.807) is 20.3 Å². The maximum absolute atomic E-state index is 13.9. The number of halogens is 1. The molecule has 1 heterocycles. The van der Waals surface area contributed by atoms with Crippen molar-refractivity contribution in [2.24, 2.45) is 0 Å². The van der Waals surface area contributed by atoms with Gasteiger partial charge in [-0.05, 0) is 36.8 Å². The summed E-state index contributed by atoms with van der Waals surface area (Å²) < 4.78 is 57.4. The third-order valence-corrected chi connectivity index (χ3v) is 7.17. The Morgan fingerprint density at radius 3 is 2.44 bits per heavy atom. The fourth-order valence-electron chi connectivity index (χ4n) is 3.77. The molecule has 2 N–H and O–H groups in total. The van der Waals surface area contributed by atoms with Gasteiger partial charge in [-0.15, -0.1) is 0 Å². The van der Waals surface area contributed by atoms with Crippen molar-refractivity contribution in [3.8, 4) is 11.5 Å². The third kappa shape index (κ3) is 6.23. The van der Waals surface area contributed by atoms with Gasteiger partial charge in [0, 0.05) is 19.6 Å². The van der Waals surface area contributed by atoms with E-state index in [1.165, 1.54) is 19.1 Å². The van der Waals surface area contributed by atoms with E-state index in [9.17, 15) is 17.6 Å². The summed E-state index contributed by atoms with van der Waals surface area (Å²) in [5.74, 6) is -0.259. The highest BCUT2D eigenvalue weighted by molar-refractivity contribution is 7.89. The Hall–Kier alpha value is -2.73. The Morgan fingerprint density at radius 2 is 1.79 bits per heavy atom. The Kier molecular flexibility index (Phi) is 8.84. The van der Waals surface area contributed by atoms with Gasteiger partial charge in [-0.25, -0.2) is 12.8 Å². The normalized spacial score (nSPS) is 16.5. The highest BCUT2D eigenvalue weighted by atomic mass is 32.2. The first kappa shape index (κ1) is 25.9. The molecule has 0 radical (unpaired) electrons. The van der Waals surface area contributed by atoms with Gasteiger partial charge in [-0.2, -0.15) is 4.72 Å². The number of rotatable bonds is 10. The molecule has 1 aliphatic rings. The van der Waals surface area contributed by atoms with Crippen molar-refractivity contribution in [3.63, 3.8) is 0 Å². The van der Waals surface area contributed by atoms with Crippen LogP contribution in [0.25, 0.3) is 0 Å². The van der Waals surface area contributed by atoms with Gasteiger partial charge in [0.25, 0.3) is 0 Å². The van der Waals surface area contributed by atoms with Crippen molar-refractivity contribution in [2.75, 3.05) is 47.1 Å². The number of methoxy groups -OCH3 is 2. The number of morpholine rings is 1. The predicted molar refractivity (Wildman–Crippen MR) is 124 cm³/mol. The summed E-state index contributed by atoms with van der Waals surface area (Å²) >= 11 is 0. The van der Waals surface area contributed by atoms with Gasteiger partial charge in [0.15, 0.2) is 11.5 Å². The number of ether oxygens (including phenoxy) is 3. The minimum Gasteiger partial charge on any atom is -0.493 e. The molecule has 2 atom stereocenters. The predicted octanol–water partition coefficient (Wildman–Crippen LogP) is 1.70. The monoisotopic (exact) mass is 495 g/mol. The molecule has 0 aliphatic carbocycles. The minimum atomic E-state index is -4.21. The zero-order chi connectivity index (χ0) is 24.7. The number of sulfonamides is 1. The Labute approximate surface area is 199 Å². The van der Waals surface area contributed by atoms with Crippen LogP contribution in [-0.2, 0) is 19.6 Å². The number of hydrogen-bond acceptors (Lipinski definition) is 7. The molecule has 2 aromatic carbocycles. The summed E-state index contributed by atoms with van der Waals surface area (Å²) in [7, 11) is -1.10. The van der Waals surface area contributed by atoms with E-state index in [0.29, 0.717) is 37.8 Å². The SMILES string of the molecule is COc1ccc(C(CNC(=O)[C@H](C)NS(=O)(=O)c2ccccc2F)N2CCOCC2)cc1OC. The molecule has 186 valence electrons. The topological polar surface area (TPSA) is 106 Å². The second-order valence-electron chi connectivity index (χ2n) is 7.80. The molecule has 0 bridgehead atoms. The van der Waals surface area contributed by atoms with E-state index < -0.39 is 32.7 Å². The lowest BCUT2D eigenvalue weighted by atomic mass is 10.0. The molecule has 1 amide bonds. The molecule has 2 aromatic rings. The molecule has 0 spiro atoms. The van der Waals surface area contributed by atoms with Crippen LogP contribution in [0.2, 0.25) is 0 Å². The van der Waals surface area contributed by atoms with Crippen molar-refractivity contribution in [3.05, 3.63) is 53.8 Å². The van der Waals surface area contributed by atoms with Gasteiger partial charge in [0.2, 0.25) is 15.9 Å². The zero-order valence-corrected chi connectivity index (χ0v) is 20.2. The summed E-state index contributed by atoms with van der Waals surface area (Å²) in [6, 6.07) is 9.25. The number of amides is 1.